The molecule has 0 saturated carbocycles. The number of nitrogens with zero attached hydrogens (tertiary/aromatic N) is 3. The lowest BCUT2D eigenvalue weighted by Gasteiger charge is -2.05. The lowest BCUT2D eigenvalue weighted by atomic mass is 10.1. The Bertz CT molecular complexity index is 814. The van der Waals surface area contributed by atoms with Crippen LogP contribution in [0.25, 0.3) is 0 Å². The summed E-state index contributed by atoms with van der Waals surface area (Å²) in [5.74, 6) is 0.306. The summed E-state index contributed by atoms with van der Waals surface area (Å²) < 4.78 is 0. The van der Waals surface area contributed by atoms with E-state index < -0.39 is 0 Å². The molecule has 1 aromatic carbocycles. The van der Waals surface area contributed by atoms with Crippen LogP contribution in [0.1, 0.15) is 29.2 Å². The third-order valence-corrected chi connectivity index (χ3v) is 4.63. The van der Waals surface area contributed by atoms with Crippen LogP contribution in [0.3, 0.4) is 0 Å². The third-order valence-electron chi connectivity index (χ3n) is 3.08. The number of anilines is 3. The maximum Gasteiger partial charge on any atom is 0.257 e. The number of carbonyl (C=O) groups excluding carboxylic acids is 1. The largest absolute Gasteiger partial charge is 0.332 e. The van der Waals surface area contributed by atoms with Gasteiger partial charge in [0, 0.05) is 29.2 Å². The standard InChI is InChI=1S/C16H17N5OS2/c1-10(2)8-13-20-21-16(24-13)19-14(22)11-4-3-5-12(9-11)18-15-17-6-7-23-15/h3-7,9-10H,8H2,1-2H3,(H,17,18)(H,19,21,22). The van der Waals surface area contributed by atoms with E-state index >= 15 is 0 Å². The third kappa shape index (κ3) is 4.36. The number of aromatic nitrogens is 3. The van der Waals surface area contributed by atoms with Crippen LogP contribution in [0.5, 0.6) is 0 Å². The van der Waals surface area contributed by atoms with Crippen molar-refractivity contribution in [3.8, 4) is 0 Å². The van der Waals surface area contributed by atoms with Gasteiger partial charge in [0.05, 0.1) is 0 Å². The van der Waals surface area contributed by atoms with Gasteiger partial charge < -0.3 is 5.32 Å². The van der Waals surface area contributed by atoms with Crippen LogP contribution >= 0.6 is 22.7 Å². The highest BCUT2D eigenvalue weighted by Crippen LogP contribution is 2.21. The number of hydrogen-bond donors (Lipinski definition) is 2. The van der Waals surface area contributed by atoms with E-state index in [0.717, 1.165) is 22.2 Å². The first kappa shape index (κ1) is 16.5. The molecule has 2 heterocycles. The zero-order valence-electron chi connectivity index (χ0n) is 13.3. The Morgan fingerprint density at radius 2 is 2.12 bits per heavy atom. The second-order valence-electron chi connectivity index (χ2n) is 5.60. The van der Waals surface area contributed by atoms with Crippen molar-refractivity contribution in [1.82, 2.24) is 15.2 Å². The van der Waals surface area contributed by atoms with Crippen LogP contribution in [0.2, 0.25) is 0 Å². The molecule has 1 amide bonds. The minimum absolute atomic E-state index is 0.204. The number of thiazole rings is 1. The summed E-state index contributed by atoms with van der Waals surface area (Å²) in [6.45, 7) is 4.25. The summed E-state index contributed by atoms with van der Waals surface area (Å²) in [4.78, 5) is 16.6. The maximum atomic E-state index is 12.4. The number of hydrogen-bond acceptors (Lipinski definition) is 7. The predicted octanol–water partition coefficient (Wildman–Crippen LogP) is 4.19. The Labute approximate surface area is 148 Å². The van der Waals surface area contributed by atoms with Crippen molar-refractivity contribution in [3.63, 3.8) is 0 Å². The fourth-order valence-corrected chi connectivity index (χ4v) is 3.55. The number of carbonyl (C=O) groups is 1. The van der Waals surface area contributed by atoms with Gasteiger partial charge in [-0.2, -0.15) is 0 Å². The van der Waals surface area contributed by atoms with E-state index in [2.05, 4.69) is 39.7 Å². The molecule has 6 nitrogen and oxygen atoms in total. The molecule has 0 bridgehead atoms. The number of nitrogens with one attached hydrogen (secondary N) is 2. The van der Waals surface area contributed by atoms with Gasteiger partial charge >= 0.3 is 0 Å². The van der Waals surface area contributed by atoms with Crippen molar-refractivity contribution in [2.45, 2.75) is 20.3 Å². The van der Waals surface area contributed by atoms with Gasteiger partial charge in [-0.3, -0.25) is 10.1 Å². The van der Waals surface area contributed by atoms with Crippen LogP contribution in [0, 0.1) is 5.92 Å². The highest BCUT2D eigenvalue weighted by Gasteiger charge is 2.11. The fourth-order valence-electron chi connectivity index (χ4n) is 2.05. The van der Waals surface area contributed by atoms with E-state index in [9.17, 15) is 4.79 Å². The first-order valence-corrected chi connectivity index (χ1v) is 9.20. The van der Waals surface area contributed by atoms with Crippen molar-refractivity contribution in [3.05, 3.63) is 46.4 Å². The topological polar surface area (TPSA) is 79.8 Å². The molecule has 2 aromatic heterocycles. The Hall–Kier alpha value is -2.32. The molecular formula is C16H17N5OS2. The van der Waals surface area contributed by atoms with Crippen LogP contribution in [-0.2, 0) is 6.42 Å². The first-order chi connectivity index (χ1) is 11.6. The monoisotopic (exact) mass is 359 g/mol. The number of benzene rings is 1. The molecule has 2 N–H and O–H groups in total. The van der Waals surface area contributed by atoms with Crippen LogP contribution in [-0.4, -0.2) is 21.1 Å². The molecule has 24 heavy (non-hydrogen) atoms. The van der Waals surface area contributed by atoms with Gasteiger partial charge in [-0.05, 0) is 24.1 Å². The van der Waals surface area contributed by atoms with Gasteiger partial charge in [0.2, 0.25) is 5.13 Å². The maximum absolute atomic E-state index is 12.4. The average molecular weight is 359 g/mol. The predicted molar refractivity (Wildman–Crippen MR) is 98.2 cm³/mol. The molecular weight excluding hydrogens is 342 g/mol. The molecule has 0 atom stereocenters. The number of rotatable bonds is 6. The zero-order chi connectivity index (χ0) is 16.9. The summed E-state index contributed by atoms with van der Waals surface area (Å²) in [7, 11) is 0. The molecule has 0 fully saturated rings. The molecule has 8 heteroatoms. The minimum atomic E-state index is -0.204. The van der Waals surface area contributed by atoms with Gasteiger partial charge in [-0.1, -0.05) is 31.3 Å². The van der Waals surface area contributed by atoms with E-state index in [-0.39, 0.29) is 5.91 Å². The Morgan fingerprint density at radius 1 is 1.25 bits per heavy atom. The lowest BCUT2D eigenvalue weighted by Crippen LogP contribution is -2.11. The first-order valence-electron chi connectivity index (χ1n) is 7.50. The second kappa shape index (κ2) is 7.50. The summed E-state index contributed by atoms with van der Waals surface area (Å²) in [6, 6.07) is 7.27. The van der Waals surface area contributed by atoms with E-state index in [1.165, 1.54) is 22.7 Å². The second-order valence-corrected chi connectivity index (χ2v) is 7.55. The number of amides is 1. The molecule has 0 aliphatic heterocycles. The van der Waals surface area contributed by atoms with Crippen molar-refractivity contribution in [2.75, 3.05) is 10.6 Å². The van der Waals surface area contributed by atoms with E-state index in [1.807, 2.05) is 17.5 Å². The minimum Gasteiger partial charge on any atom is -0.332 e. The zero-order valence-corrected chi connectivity index (χ0v) is 14.9. The molecule has 3 rings (SSSR count). The molecule has 3 aromatic rings. The van der Waals surface area contributed by atoms with Gasteiger partial charge in [-0.15, -0.1) is 21.5 Å². The van der Waals surface area contributed by atoms with Gasteiger partial charge in [-0.25, -0.2) is 4.98 Å². The highest BCUT2D eigenvalue weighted by molar-refractivity contribution is 7.15. The average Bonchev–Trinajstić information content (AvgIpc) is 3.19. The molecule has 124 valence electrons. The summed E-state index contributed by atoms with van der Waals surface area (Å²) >= 11 is 2.92. The van der Waals surface area contributed by atoms with Gasteiger partial charge in [0.25, 0.3) is 5.91 Å². The van der Waals surface area contributed by atoms with Crippen LogP contribution in [0.4, 0.5) is 16.0 Å². The normalized spacial score (nSPS) is 10.8. The molecule has 0 aliphatic carbocycles. The Morgan fingerprint density at radius 3 is 2.88 bits per heavy atom. The smallest absolute Gasteiger partial charge is 0.257 e. The van der Waals surface area contributed by atoms with Crippen LogP contribution in [0.15, 0.2) is 35.8 Å². The molecule has 0 spiro atoms. The van der Waals surface area contributed by atoms with Crippen molar-refractivity contribution in [1.29, 1.82) is 0 Å². The quantitative estimate of drug-likeness (QED) is 0.690. The lowest BCUT2D eigenvalue weighted by molar-refractivity contribution is 0.102. The van der Waals surface area contributed by atoms with Crippen molar-refractivity contribution in [2.24, 2.45) is 5.92 Å². The molecule has 0 unspecified atom stereocenters. The Balaban J connectivity index is 1.67. The van der Waals surface area contributed by atoms with Gasteiger partial charge in [0.1, 0.15) is 5.01 Å². The molecule has 0 aliphatic rings. The van der Waals surface area contributed by atoms with E-state index in [0.29, 0.717) is 16.6 Å². The molecule has 0 saturated heterocycles. The fraction of sp³-hybridized carbons (Fsp3) is 0.250. The Kier molecular flexibility index (Phi) is 5.17. The van der Waals surface area contributed by atoms with Crippen molar-refractivity contribution < 1.29 is 4.79 Å². The summed E-state index contributed by atoms with van der Waals surface area (Å²) in [5.41, 5.74) is 1.37. The van der Waals surface area contributed by atoms with Crippen molar-refractivity contribution >= 4 is 44.5 Å². The SMILES string of the molecule is CC(C)Cc1nnc(NC(=O)c2cccc(Nc3nccs3)c2)s1. The van der Waals surface area contributed by atoms with E-state index in [4.69, 9.17) is 0 Å². The van der Waals surface area contributed by atoms with E-state index in [1.54, 1.807) is 18.3 Å². The van der Waals surface area contributed by atoms with Gasteiger partial charge in [0.15, 0.2) is 5.13 Å². The summed E-state index contributed by atoms with van der Waals surface area (Å²) in [5, 5.41) is 18.2. The molecule has 0 radical (unpaired) electrons. The highest BCUT2D eigenvalue weighted by atomic mass is 32.1. The van der Waals surface area contributed by atoms with Crippen LogP contribution < -0.4 is 10.6 Å². The summed E-state index contributed by atoms with van der Waals surface area (Å²) in [6.07, 6.45) is 2.59.